The quantitative estimate of drug-likeness (QED) is 0.795. The van der Waals surface area contributed by atoms with Crippen LogP contribution < -0.4 is 4.74 Å². The summed E-state index contributed by atoms with van der Waals surface area (Å²) < 4.78 is 32.9. The highest BCUT2D eigenvalue weighted by Crippen LogP contribution is 2.45. The number of ether oxygens (including phenoxy) is 1. The minimum Gasteiger partial charge on any atom is -0.493 e. The number of likely N-dealkylation sites (tertiary alicyclic amines) is 2. The number of fused-ring (bicyclic) bond motifs is 1. The van der Waals surface area contributed by atoms with Crippen LogP contribution in [0.2, 0.25) is 0 Å². The summed E-state index contributed by atoms with van der Waals surface area (Å²) in [5.74, 6) is -1.31. The molecule has 2 amide bonds. The molecule has 5 nitrogen and oxygen atoms in total. The molecule has 0 spiro atoms. The number of carbonyl (C=O) groups is 2. The average molecular weight is 400 g/mol. The summed E-state index contributed by atoms with van der Waals surface area (Å²) in [5.41, 5.74) is 0.906. The van der Waals surface area contributed by atoms with Crippen LogP contribution in [0.1, 0.15) is 28.9 Å². The molecule has 0 aromatic heterocycles. The smallest absolute Gasteiger partial charge is 0.257 e. The molecule has 0 N–H and O–H groups in total. The standard InChI is InChI=1S/C22H22F2N2O3/c1-13(27)26-11-15-10-25(22(28)17-7-4-8-19(24)21(17)29-2)12-18(15)20(26)14-5-3-6-16(23)9-14/h3-9,15,18,20H,10-12H2,1-2H3/t15-,18-,20+/m1/s1. The number of amides is 2. The van der Waals surface area contributed by atoms with E-state index in [2.05, 4.69) is 0 Å². The van der Waals surface area contributed by atoms with Crippen molar-refractivity contribution in [2.24, 2.45) is 11.8 Å². The SMILES string of the molecule is COc1c(F)cccc1C(=O)N1C[C@@H]2CN(C(C)=O)[C@@H](c3cccc(F)c3)[C@@H]2C1. The van der Waals surface area contributed by atoms with Gasteiger partial charge in [0.2, 0.25) is 5.91 Å². The third-order valence-corrected chi connectivity index (χ3v) is 5.95. The first-order chi connectivity index (χ1) is 13.9. The van der Waals surface area contributed by atoms with Gasteiger partial charge in [-0.2, -0.15) is 0 Å². The summed E-state index contributed by atoms with van der Waals surface area (Å²) in [5, 5.41) is 0. The Kier molecular flexibility index (Phi) is 4.98. The second-order valence-electron chi connectivity index (χ2n) is 7.63. The number of hydrogen-bond donors (Lipinski definition) is 0. The van der Waals surface area contributed by atoms with E-state index in [1.807, 2.05) is 6.07 Å². The first kappa shape index (κ1) is 19.4. The van der Waals surface area contributed by atoms with Crippen LogP contribution >= 0.6 is 0 Å². The molecular weight excluding hydrogens is 378 g/mol. The first-order valence-corrected chi connectivity index (χ1v) is 9.55. The summed E-state index contributed by atoms with van der Waals surface area (Å²) in [6.45, 7) is 2.88. The molecular formula is C22H22F2N2O3. The first-order valence-electron chi connectivity index (χ1n) is 9.55. The molecule has 2 aromatic carbocycles. The monoisotopic (exact) mass is 400 g/mol. The molecule has 2 aliphatic rings. The van der Waals surface area contributed by atoms with E-state index in [4.69, 9.17) is 4.74 Å². The number of hydrogen-bond acceptors (Lipinski definition) is 3. The predicted octanol–water partition coefficient (Wildman–Crippen LogP) is 3.27. The molecule has 0 unspecified atom stereocenters. The van der Waals surface area contributed by atoms with Crippen molar-refractivity contribution in [3.05, 3.63) is 65.2 Å². The van der Waals surface area contributed by atoms with Crippen LogP contribution in [0.4, 0.5) is 8.78 Å². The molecule has 0 saturated carbocycles. The van der Waals surface area contributed by atoms with Gasteiger partial charge in [-0.1, -0.05) is 18.2 Å². The molecule has 0 bridgehead atoms. The third kappa shape index (κ3) is 3.34. The van der Waals surface area contributed by atoms with E-state index in [1.54, 1.807) is 21.9 Å². The third-order valence-electron chi connectivity index (χ3n) is 5.95. The maximum Gasteiger partial charge on any atom is 0.257 e. The Hall–Kier alpha value is -2.96. The van der Waals surface area contributed by atoms with Crippen molar-refractivity contribution < 1.29 is 23.1 Å². The van der Waals surface area contributed by atoms with Gasteiger partial charge < -0.3 is 14.5 Å². The Labute approximate surface area is 167 Å². The molecule has 29 heavy (non-hydrogen) atoms. The van der Waals surface area contributed by atoms with Gasteiger partial charge >= 0.3 is 0 Å². The van der Waals surface area contributed by atoms with E-state index in [9.17, 15) is 18.4 Å². The van der Waals surface area contributed by atoms with Gasteiger partial charge in [-0.3, -0.25) is 9.59 Å². The lowest BCUT2D eigenvalue weighted by Crippen LogP contribution is -2.36. The fraction of sp³-hybridized carbons (Fsp3) is 0.364. The largest absolute Gasteiger partial charge is 0.493 e. The zero-order valence-electron chi connectivity index (χ0n) is 16.3. The fourth-order valence-electron chi connectivity index (χ4n) is 4.71. The maximum atomic E-state index is 14.0. The van der Waals surface area contributed by atoms with Crippen molar-refractivity contribution >= 4 is 11.8 Å². The van der Waals surface area contributed by atoms with Crippen molar-refractivity contribution in [2.75, 3.05) is 26.7 Å². The summed E-state index contributed by atoms with van der Waals surface area (Å²) >= 11 is 0. The van der Waals surface area contributed by atoms with E-state index in [0.717, 1.165) is 5.56 Å². The number of rotatable bonds is 3. The van der Waals surface area contributed by atoms with E-state index < -0.39 is 5.82 Å². The molecule has 2 saturated heterocycles. The Bertz CT molecular complexity index is 965. The summed E-state index contributed by atoms with van der Waals surface area (Å²) in [4.78, 5) is 28.7. The van der Waals surface area contributed by atoms with Gasteiger partial charge in [-0.25, -0.2) is 8.78 Å². The van der Waals surface area contributed by atoms with E-state index in [-0.39, 0.29) is 46.8 Å². The Balaban J connectivity index is 1.62. The van der Waals surface area contributed by atoms with Crippen LogP contribution in [0.25, 0.3) is 0 Å². The van der Waals surface area contributed by atoms with Gasteiger partial charge in [0, 0.05) is 38.4 Å². The number of nitrogens with zero attached hydrogens (tertiary/aromatic N) is 2. The normalized spacial score (nSPS) is 23.2. The van der Waals surface area contributed by atoms with Crippen molar-refractivity contribution in [1.82, 2.24) is 9.80 Å². The van der Waals surface area contributed by atoms with E-state index in [0.29, 0.717) is 19.6 Å². The number of benzene rings is 2. The number of halogens is 2. The van der Waals surface area contributed by atoms with Crippen LogP contribution in [0.3, 0.4) is 0 Å². The van der Waals surface area contributed by atoms with Gasteiger partial charge in [0.05, 0.1) is 18.7 Å². The zero-order valence-corrected chi connectivity index (χ0v) is 16.3. The topological polar surface area (TPSA) is 49.9 Å². The minimum absolute atomic E-state index is 0.01000. The van der Waals surface area contributed by atoms with E-state index >= 15 is 0 Å². The van der Waals surface area contributed by atoms with Gasteiger partial charge in [0.25, 0.3) is 5.91 Å². The minimum atomic E-state index is -0.585. The van der Waals surface area contributed by atoms with Crippen molar-refractivity contribution in [1.29, 1.82) is 0 Å². The predicted molar refractivity (Wildman–Crippen MR) is 102 cm³/mol. The van der Waals surface area contributed by atoms with Crippen molar-refractivity contribution in [2.45, 2.75) is 13.0 Å². The second-order valence-corrected chi connectivity index (χ2v) is 7.63. The molecule has 7 heteroatoms. The fourth-order valence-corrected chi connectivity index (χ4v) is 4.71. The lowest BCUT2D eigenvalue weighted by molar-refractivity contribution is -0.130. The Morgan fingerprint density at radius 2 is 1.83 bits per heavy atom. The number of methoxy groups -OCH3 is 1. The van der Waals surface area contributed by atoms with Gasteiger partial charge in [-0.05, 0) is 29.8 Å². The van der Waals surface area contributed by atoms with Crippen LogP contribution in [0.5, 0.6) is 5.75 Å². The van der Waals surface area contributed by atoms with Crippen LogP contribution in [0, 0.1) is 23.5 Å². The van der Waals surface area contributed by atoms with Gasteiger partial charge in [0.15, 0.2) is 11.6 Å². The maximum absolute atomic E-state index is 14.0. The highest BCUT2D eigenvalue weighted by atomic mass is 19.1. The van der Waals surface area contributed by atoms with Crippen LogP contribution in [0.15, 0.2) is 42.5 Å². The van der Waals surface area contributed by atoms with Gasteiger partial charge in [-0.15, -0.1) is 0 Å². The summed E-state index contributed by atoms with van der Waals surface area (Å²) in [7, 11) is 1.33. The highest BCUT2D eigenvalue weighted by Gasteiger charge is 2.49. The molecule has 0 aliphatic carbocycles. The molecule has 2 aliphatic heterocycles. The number of carbonyl (C=O) groups excluding carboxylic acids is 2. The van der Waals surface area contributed by atoms with Crippen molar-refractivity contribution in [3.63, 3.8) is 0 Å². The van der Waals surface area contributed by atoms with Gasteiger partial charge in [0.1, 0.15) is 5.82 Å². The molecule has 152 valence electrons. The Morgan fingerprint density at radius 3 is 2.52 bits per heavy atom. The summed E-state index contributed by atoms with van der Waals surface area (Å²) in [6, 6.07) is 10.2. The highest BCUT2D eigenvalue weighted by molar-refractivity contribution is 5.97. The van der Waals surface area contributed by atoms with E-state index in [1.165, 1.54) is 38.3 Å². The lowest BCUT2D eigenvalue weighted by Gasteiger charge is -2.29. The zero-order chi connectivity index (χ0) is 20.7. The van der Waals surface area contributed by atoms with Crippen molar-refractivity contribution in [3.8, 4) is 5.75 Å². The molecule has 4 rings (SSSR count). The van der Waals surface area contributed by atoms with Crippen LogP contribution in [-0.2, 0) is 4.79 Å². The molecule has 2 heterocycles. The molecule has 3 atom stereocenters. The average Bonchev–Trinajstić information content (AvgIpc) is 3.25. The number of para-hydroxylation sites is 1. The molecule has 2 fully saturated rings. The summed E-state index contributed by atoms with van der Waals surface area (Å²) in [6.07, 6.45) is 0. The lowest BCUT2D eigenvalue weighted by atomic mass is 9.89. The second kappa shape index (κ2) is 7.46. The molecule has 0 radical (unpaired) electrons. The molecule has 2 aromatic rings. The Morgan fingerprint density at radius 1 is 1.07 bits per heavy atom. The van der Waals surface area contributed by atoms with Crippen LogP contribution in [-0.4, -0.2) is 48.4 Å².